The van der Waals surface area contributed by atoms with Crippen LogP contribution in [0.5, 0.6) is 0 Å². The molecule has 1 aliphatic heterocycles. The third kappa shape index (κ3) is 8.68. The molecule has 0 aliphatic carbocycles. The van der Waals surface area contributed by atoms with Gasteiger partial charge in [-0.2, -0.15) is 0 Å². The zero-order chi connectivity index (χ0) is 16.3. The lowest BCUT2D eigenvalue weighted by Crippen LogP contribution is -2.38. The van der Waals surface area contributed by atoms with E-state index >= 15 is 0 Å². The summed E-state index contributed by atoms with van der Waals surface area (Å²) in [6.45, 7) is 6.71. The molecule has 0 amide bonds. The number of nitrogens with one attached hydrogen (secondary N) is 2. The summed E-state index contributed by atoms with van der Waals surface area (Å²) in [4.78, 5) is 4.56. The predicted octanol–water partition coefficient (Wildman–Crippen LogP) is 2.95. The third-order valence-corrected chi connectivity index (χ3v) is 3.88. The first-order chi connectivity index (χ1) is 11.3. The molecule has 1 aromatic heterocycles. The van der Waals surface area contributed by atoms with Crippen molar-refractivity contribution in [3.63, 3.8) is 0 Å². The second-order valence-corrected chi connectivity index (χ2v) is 6.13. The predicted molar refractivity (Wildman–Crippen MR) is 109 cm³/mol. The number of aliphatic imine (C=N–C) groups is 1. The van der Waals surface area contributed by atoms with E-state index in [2.05, 4.69) is 38.5 Å². The van der Waals surface area contributed by atoms with Gasteiger partial charge in [-0.15, -0.1) is 24.0 Å². The van der Waals surface area contributed by atoms with E-state index in [4.69, 9.17) is 13.9 Å². The van der Waals surface area contributed by atoms with Crippen molar-refractivity contribution >= 4 is 45.9 Å². The summed E-state index contributed by atoms with van der Waals surface area (Å²) in [6.07, 6.45) is 3.02. The van der Waals surface area contributed by atoms with Crippen molar-refractivity contribution in [3.8, 4) is 0 Å². The van der Waals surface area contributed by atoms with Crippen molar-refractivity contribution < 1.29 is 13.9 Å². The smallest absolute Gasteiger partial charge is 0.191 e. The Morgan fingerprint density at radius 1 is 1.42 bits per heavy atom. The maximum absolute atomic E-state index is 5.73. The van der Waals surface area contributed by atoms with Gasteiger partial charge in [0.2, 0.25) is 0 Å². The molecule has 0 bridgehead atoms. The molecule has 2 heterocycles. The molecule has 1 saturated heterocycles. The Morgan fingerprint density at radius 3 is 2.96 bits per heavy atom. The van der Waals surface area contributed by atoms with Crippen molar-refractivity contribution in [2.24, 2.45) is 4.99 Å². The fourth-order valence-electron chi connectivity index (χ4n) is 2.28. The highest BCUT2D eigenvalue weighted by molar-refractivity contribution is 14.0. The molecule has 0 aromatic carbocycles. The van der Waals surface area contributed by atoms with Crippen LogP contribution in [-0.2, 0) is 15.9 Å². The number of hydrogen-bond acceptors (Lipinski definition) is 4. The zero-order valence-electron chi connectivity index (χ0n) is 14.1. The standard InChI is InChI=1S/C16H26BrN3O3.HI/c1-2-18-16(20-9-6-13-4-5-15(17)23-13)19-8-3-10-22-14-7-11-21-12-14;/h4-5,14H,2-3,6-12H2,1H3,(H2,18,19,20);1H. The van der Waals surface area contributed by atoms with Gasteiger partial charge in [0.25, 0.3) is 0 Å². The highest BCUT2D eigenvalue weighted by atomic mass is 127. The van der Waals surface area contributed by atoms with Gasteiger partial charge >= 0.3 is 0 Å². The van der Waals surface area contributed by atoms with Crippen LogP contribution in [0.3, 0.4) is 0 Å². The van der Waals surface area contributed by atoms with Gasteiger partial charge in [0, 0.05) is 39.3 Å². The van der Waals surface area contributed by atoms with Gasteiger partial charge in [-0.05, 0) is 47.8 Å². The summed E-state index contributed by atoms with van der Waals surface area (Å²) >= 11 is 3.31. The maximum Gasteiger partial charge on any atom is 0.191 e. The number of hydrogen-bond donors (Lipinski definition) is 2. The molecule has 1 fully saturated rings. The second kappa shape index (κ2) is 13.0. The summed E-state index contributed by atoms with van der Waals surface area (Å²) in [5, 5.41) is 6.56. The average Bonchev–Trinajstić information content (AvgIpc) is 3.19. The summed E-state index contributed by atoms with van der Waals surface area (Å²) in [7, 11) is 0. The quantitative estimate of drug-likeness (QED) is 0.229. The van der Waals surface area contributed by atoms with Gasteiger partial charge < -0.3 is 24.5 Å². The van der Waals surface area contributed by atoms with Crippen LogP contribution < -0.4 is 10.6 Å². The minimum Gasteiger partial charge on any atom is -0.454 e. The molecule has 1 aliphatic rings. The van der Waals surface area contributed by atoms with E-state index in [-0.39, 0.29) is 30.1 Å². The van der Waals surface area contributed by atoms with E-state index in [1.807, 2.05) is 12.1 Å². The van der Waals surface area contributed by atoms with E-state index in [1.165, 1.54) is 0 Å². The normalized spacial score (nSPS) is 17.6. The van der Waals surface area contributed by atoms with Crippen LogP contribution in [0.15, 0.2) is 26.2 Å². The number of ether oxygens (including phenoxy) is 2. The minimum atomic E-state index is 0. The minimum absolute atomic E-state index is 0. The van der Waals surface area contributed by atoms with Crippen molar-refractivity contribution in [2.45, 2.75) is 32.3 Å². The summed E-state index contributed by atoms with van der Waals surface area (Å²) in [5.41, 5.74) is 0. The Balaban J connectivity index is 0.00000288. The average molecular weight is 516 g/mol. The molecule has 138 valence electrons. The Morgan fingerprint density at radius 2 is 2.29 bits per heavy atom. The Bertz CT molecular complexity index is 479. The number of furan rings is 1. The number of rotatable bonds is 9. The lowest BCUT2D eigenvalue weighted by molar-refractivity contribution is 0.0424. The summed E-state index contributed by atoms with van der Waals surface area (Å²) in [5.74, 6) is 1.79. The SMILES string of the molecule is CCNC(=NCCCOC1CCOC1)NCCc1ccc(Br)o1.I. The van der Waals surface area contributed by atoms with E-state index in [0.717, 1.165) is 75.1 Å². The van der Waals surface area contributed by atoms with Crippen LogP contribution in [0, 0.1) is 0 Å². The zero-order valence-corrected chi connectivity index (χ0v) is 18.0. The first-order valence-corrected chi connectivity index (χ1v) is 9.03. The molecular formula is C16H27BrIN3O3. The van der Waals surface area contributed by atoms with Crippen LogP contribution >= 0.6 is 39.9 Å². The number of nitrogens with zero attached hydrogens (tertiary/aromatic N) is 1. The largest absolute Gasteiger partial charge is 0.454 e. The van der Waals surface area contributed by atoms with Gasteiger partial charge in [0.15, 0.2) is 10.6 Å². The topological polar surface area (TPSA) is 68.0 Å². The lowest BCUT2D eigenvalue weighted by Gasteiger charge is -2.11. The van der Waals surface area contributed by atoms with Gasteiger partial charge in [-0.3, -0.25) is 4.99 Å². The molecule has 1 aromatic rings. The molecule has 0 saturated carbocycles. The molecule has 0 spiro atoms. The monoisotopic (exact) mass is 515 g/mol. The molecular weight excluding hydrogens is 489 g/mol. The first kappa shape index (κ1) is 21.7. The van der Waals surface area contributed by atoms with Crippen molar-refractivity contribution in [3.05, 3.63) is 22.6 Å². The molecule has 8 heteroatoms. The Labute approximate surface area is 169 Å². The summed E-state index contributed by atoms with van der Waals surface area (Å²) in [6, 6.07) is 3.88. The van der Waals surface area contributed by atoms with E-state index in [9.17, 15) is 0 Å². The second-order valence-electron chi connectivity index (χ2n) is 5.35. The van der Waals surface area contributed by atoms with Crippen LogP contribution in [0.25, 0.3) is 0 Å². The van der Waals surface area contributed by atoms with Crippen molar-refractivity contribution in [2.75, 3.05) is 39.5 Å². The van der Waals surface area contributed by atoms with E-state index < -0.39 is 0 Å². The van der Waals surface area contributed by atoms with Crippen LogP contribution in [0.1, 0.15) is 25.5 Å². The first-order valence-electron chi connectivity index (χ1n) is 8.23. The highest BCUT2D eigenvalue weighted by Gasteiger charge is 2.15. The van der Waals surface area contributed by atoms with Gasteiger partial charge in [-0.25, -0.2) is 0 Å². The molecule has 6 nitrogen and oxygen atoms in total. The number of guanidine groups is 1. The van der Waals surface area contributed by atoms with Crippen LogP contribution in [-0.4, -0.2) is 51.5 Å². The lowest BCUT2D eigenvalue weighted by atomic mass is 10.3. The van der Waals surface area contributed by atoms with Gasteiger partial charge in [0.05, 0.1) is 12.7 Å². The fraction of sp³-hybridized carbons (Fsp3) is 0.688. The molecule has 2 rings (SSSR count). The molecule has 1 atom stereocenters. The Hall–Kier alpha value is -0.320. The van der Waals surface area contributed by atoms with E-state index in [0.29, 0.717) is 0 Å². The third-order valence-electron chi connectivity index (χ3n) is 3.45. The summed E-state index contributed by atoms with van der Waals surface area (Å²) < 4.78 is 17.3. The van der Waals surface area contributed by atoms with Gasteiger partial charge in [-0.1, -0.05) is 0 Å². The Kier molecular flexibility index (Phi) is 11.7. The fourth-order valence-corrected chi connectivity index (χ4v) is 2.62. The molecule has 2 N–H and O–H groups in total. The van der Waals surface area contributed by atoms with Crippen LogP contribution in [0.4, 0.5) is 0 Å². The number of halogens is 2. The molecule has 24 heavy (non-hydrogen) atoms. The van der Waals surface area contributed by atoms with E-state index in [1.54, 1.807) is 0 Å². The maximum atomic E-state index is 5.73. The molecule has 0 radical (unpaired) electrons. The van der Waals surface area contributed by atoms with Crippen molar-refractivity contribution in [1.82, 2.24) is 10.6 Å². The van der Waals surface area contributed by atoms with Crippen molar-refractivity contribution in [1.29, 1.82) is 0 Å². The van der Waals surface area contributed by atoms with Gasteiger partial charge in [0.1, 0.15) is 5.76 Å². The van der Waals surface area contributed by atoms with Crippen LogP contribution in [0.2, 0.25) is 0 Å². The molecule has 1 unspecified atom stereocenters. The highest BCUT2D eigenvalue weighted by Crippen LogP contribution is 2.13.